The van der Waals surface area contributed by atoms with Crippen molar-refractivity contribution in [1.82, 2.24) is 9.29 Å². The Balaban J connectivity index is 1.60. The molecule has 1 fully saturated rings. The quantitative estimate of drug-likeness (QED) is 0.511. The van der Waals surface area contributed by atoms with Gasteiger partial charge in [-0.05, 0) is 36.4 Å². The Morgan fingerprint density at radius 3 is 2.59 bits per heavy atom. The average Bonchev–Trinajstić information content (AvgIpc) is 3.30. The van der Waals surface area contributed by atoms with Crippen LogP contribution in [-0.4, -0.2) is 49.8 Å². The van der Waals surface area contributed by atoms with Crippen LogP contribution in [0.4, 0.5) is 4.39 Å². The van der Waals surface area contributed by atoms with E-state index in [1.54, 1.807) is 17.5 Å². The fourth-order valence-corrected chi connectivity index (χ4v) is 5.63. The molecule has 7 nitrogen and oxygen atoms in total. The Morgan fingerprint density at radius 1 is 1.19 bits per heavy atom. The van der Waals surface area contributed by atoms with Crippen molar-refractivity contribution in [1.29, 1.82) is 5.26 Å². The number of rotatable bonds is 6. The smallest absolute Gasteiger partial charge is 0.243 e. The number of benzene rings is 2. The van der Waals surface area contributed by atoms with E-state index >= 15 is 0 Å². The van der Waals surface area contributed by atoms with E-state index in [4.69, 9.17) is 4.74 Å². The van der Waals surface area contributed by atoms with Crippen LogP contribution in [0.1, 0.15) is 21.3 Å². The van der Waals surface area contributed by atoms with Crippen molar-refractivity contribution in [3.8, 4) is 17.3 Å². The van der Waals surface area contributed by atoms with Crippen molar-refractivity contribution < 1.29 is 22.3 Å². The third-order valence-electron chi connectivity index (χ3n) is 5.03. The van der Waals surface area contributed by atoms with Crippen molar-refractivity contribution in [2.45, 2.75) is 10.8 Å². The summed E-state index contributed by atoms with van der Waals surface area (Å²) in [5.74, 6) is -2.09. The van der Waals surface area contributed by atoms with Gasteiger partial charge in [-0.25, -0.2) is 17.8 Å². The predicted molar refractivity (Wildman–Crippen MR) is 116 cm³/mol. The molecule has 0 amide bonds. The fraction of sp³-hybridized carbons (Fsp3) is 0.227. The molecule has 0 aliphatic carbocycles. The molecule has 1 aliphatic heterocycles. The predicted octanol–water partition coefficient (Wildman–Crippen LogP) is 3.46. The lowest BCUT2D eigenvalue weighted by molar-refractivity contribution is 0.0730. The summed E-state index contributed by atoms with van der Waals surface area (Å²) >= 11 is 1.15. The number of hydrogen-bond donors (Lipinski definition) is 0. The van der Waals surface area contributed by atoms with E-state index in [2.05, 4.69) is 4.98 Å². The summed E-state index contributed by atoms with van der Waals surface area (Å²) in [5, 5.41) is 11.7. The highest BCUT2D eigenvalue weighted by atomic mass is 32.2. The van der Waals surface area contributed by atoms with Gasteiger partial charge in [-0.3, -0.25) is 4.79 Å². The summed E-state index contributed by atoms with van der Waals surface area (Å²) in [4.78, 5) is 17.5. The molecule has 0 radical (unpaired) electrons. The minimum Gasteiger partial charge on any atom is -0.379 e. The van der Waals surface area contributed by atoms with E-state index in [9.17, 15) is 22.9 Å². The number of ketones is 1. The number of nitrogens with zero attached hydrogens (tertiary/aromatic N) is 3. The van der Waals surface area contributed by atoms with Gasteiger partial charge in [-0.15, -0.1) is 11.3 Å². The molecular weight excluding hydrogens is 453 g/mol. The van der Waals surface area contributed by atoms with E-state index < -0.39 is 21.7 Å². The van der Waals surface area contributed by atoms with Gasteiger partial charge in [0.15, 0.2) is 11.7 Å². The average molecular weight is 472 g/mol. The number of aromatic nitrogens is 1. The number of carbonyl (C=O) groups is 1. The minimum atomic E-state index is -3.78. The molecule has 2 heterocycles. The molecule has 1 aliphatic rings. The van der Waals surface area contributed by atoms with Gasteiger partial charge < -0.3 is 4.74 Å². The number of carbonyl (C=O) groups excluding carboxylic acids is 1. The molecule has 10 heteroatoms. The van der Waals surface area contributed by atoms with E-state index in [1.165, 1.54) is 40.7 Å². The standard InChI is InChI=1S/C22H18FN3O4S2/c23-17-6-4-15(5-7-17)20-14-31-22(25-20)19(13-24)21(27)16-2-1-3-18(12-16)32(28,29)26-8-10-30-11-9-26/h1-7,12,14,19H,8-11H2/t19-/m1/s1. The summed E-state index contributed by atoms with van der Waals surface area (Å²) in [6.45, 7) is 1.11. The van der Waals surface area contributed by atoms with Crippen LogP contribution in [-0.2, 0) is 14.8 Å². The second-order valence-electron chi connectivity index (χ2n) is 7.05. The molecule has 1 saturated heterocycles. The van der Waals surface area contributed by atoms with Crippen molar-refractivity contribution in [2.24, 2.45) is 0 Å². The fourth-order valence-electron chi connectivity index (χ4n) is 3.31. The third-order valence-corrected chi connectivity index (χ3v) is 7.83. The first-order chi connectivity index (χ1) is 15.4. The van der Waals surface area contributed by atoms with E-state index in [-0.39, 0.29) is 29.4 Å². The molecule has 32 heavy (non-hydrogen) atoms. The molecule has 0 bridgehead atoms. The maximum Gasteiger partial charge on any atom is 0.243 e. The van der Waals surface area contributed by atoms with Gasteiger partial charge in [-0.2, -0.15) is 9.57 Å². The van der Waals surface area contributed by atoms with Crippen molar-refractivity contribution >= 4 is 27.1 Å². The van der Waals surface area contributed by atoms with Crippen LogP contribution in [0.3, 0.4) is 0 Å². The Morgan fingerprint density at radius 2 is 1.91 bits per heavy atom. The lowest BCUT2D eigenvalue weighted by atomic mass is 9.99. The Kier molecular flexibility index (Phi) is 6.43. The lowest BCUT2D eigenvalue weighted by Crippen LogP contribution is -2.40. The molecule has 0 spiro atoms. The van der Waals surface area contributed by atoms with Crippen LogP contribution in [0, 0.1) is 17.1 Å². The molecule has 3 aromatic rings. The zero-order valence-electron chi connectivity index (χ0n) is 16.8. The van der Waals surface area contributed by atoms with Gasteiger partial charge in [0.05, 0.1) is 29.9 Å². The second kappa shape index (κ2) is 9.26. The number of Topliss-reactive ketones (excluding diaryl/α,β-unsaturated/α-hetero) is 1. The first-order valence-electron chi connectivity index (χ1n) is 9.73. The maximum atomic E-state index is 13.2. The van der Waals surface area contributed by atoms with Gasteiger partial charge in [0.2, 0.25) is 10.0 Å². The minimum absolute atomic E-state index is 0.00641. The van der Waals surface area contributed by atoms with Crippen LogP contribution in [0.15, 0.2) is 58.8 Å². The molecule has 164 valence electrons. The summed E-state index contributed by atoms with van der Waals surface area (Å²) < 4.78 is 45.5. The Hall–Kier alpha value is -2.97. The Labute approximate surface area is 188 Å². The molecule has 0 saturated carbocycles. The maximum absolute atomic E-state index is 13.2. The molecule has 1 atom stereocenters. The first-order valence-corrected chi connectivity index (χ1v) is 12.1. The van der Waals surface area contributed by atoms with Gasteiger partial charge in [0.25, 0.3) is 0 Å². The zero-order valence-corrected chi connectivity index (χ0v) is 18.4. The molecule has 0 N–H and O–H groups in total. The molecule has 2 aromatic carbocycles. The van der Waals surface area contributed by atoms with Crippen LogP contribution >= 0.6 is 11.3 Å². The van der Waals surface area contributed by atoms with Crippen molar-refractivity contribution in [3.63, 3.8) is 0 Å². The van der Waals surface area contributed by atoms with Gasteiger partial charge >= 0.3 is 0 Å². The molecular formula is C22H18FN3O4S2. The summed E-state index contributed by atoms with van der Waals surface area (Å²) in [6, 6.07) is 13.4. The number of nitriles is 1. The Bertz CT molecular complexity index is 1280. The summed E-state index contributed by atoms with van der Waals surface area (Å²) in [5.41, 5.74) is 1.31. The van der Waals surface area contributed by atoms with Crippen LogP contribution in [0.25, 0.3) is 11.3 Å². The number of sulfonamides is 1. The number of hydrogen-bond acceptors (Lipinski definition) is 7. The number of ether oxygens (including phenoxy) is 1. The summed E-state index contributed by atoms with van der Waals surface area (Å²) in [6.07, 6.45) is 0. The largest absolute Gasteiger partial charge is 0.379 e. The highest BCUT2D eigenvalue weighted by Gasteiger charge is 2.29. The van der Waals surface area contributed by atoms with E-state index in [0.29, 0.717) is 29.5 Å². The van der Waals surface area contributed by atoms with Gasteiger partial charge in [0, 0.05) is 29.6 Å². The molecule has 0 unspecified atom stereocenters. The van der Waals surface area contributed by atoms with Crippen LogP contribution in [0.2, 0.25) is 0 Å². The summed E-state index contributed by atoms with van der Waals surface area (Å²) in [7, 11) is -3.78. The van der Waals surface area contributed by atoms with E-state index in [1.807, 2.05) is 6.07 Å². The van der Waals surface area contributed by atoms with Crippen molar-refractivity contribution in [3.05, 3.63) is 70.3 Å². The molecule has 1 aromatic heterocycles. The highest BCUT2D eigenvalue weighted by molar-refractivity contribution is 7.89. The van der Waals surface area contributed by atoms with Crippen LogP contribution < -0.4 is 0 Å². The lowest BCUT2D eigenvalue weighted by Gasteiger charge is -2.26. The first kappa shape index (κ1) is 22.2. The van der Waals surface area contributed by atoms with Crippen LogP contribution in [0.5, 0.6) is 0 Å². The monoisotopic (exact) mass is 471 g/mol. The SMILES string of the molecule is N#C[C@H](C(=O)c1cccc(S(=O)(=O)N2CCOCC2)c1)c1nc(-c2ccc(F)cc2)cs1. The molecule has 4 rings (SSSR count). The topological polar surface area (TPSA) is 100 Å². The third kappa shape index (κ3) is 4.47. The number of thiazole rings is 1. The number of morpholine rings is 1. The zero-order chi connectivity index (χ0) is 22.7. The normalized spacial score (nSPS) is 15.8. The van der Waals surface area contributed by atoms with Gasteiger partial charge in [-0.1, -0.05) is 12.1 Å². The van der Waals surface area contributed by atoms with Gasteiger partial charge in [0.1, 0.15) is 10.8 Å². The highest BCUT2D eigenvalue weighted by Crippen LogP contribution is 2.29. The van der Waals surface area contributed by atoms with Crippen molar-refractivity contribution in [2.75, 3.05) is 26.3 Å². The second-order valence-corrected chi connectivity index (χ2v) is 9.88. The number of halogens is 1. The van der Waals surface area contributed by atoms with E-state index in [0.717, 1.165) is 11.3 Å².